The van der Waals surface area contributed by atoms with Gasteiger partial charge in [0, 0.05) is 23.4 Å². The van der Waals surface area contributed by atoms with Gasteiger partial charge in [-0.15, -0.1) is 0 Å². The Balaban J connectivity index is 1.41. The second-order valence-electron chi connectivity index (χ2n) is 10.3. The normalized spacial score (nSPS) is 35.5. The number of methoxy groups -OCH3 is 1. The summed E-state index contributed by atoms with van der Waals surface area (Å²) in [4.78, 5) is 40.9. The summed E-state index contributed by atoms with van der Waals surface area (Å²) in [5, 5.41) is 2.81. The van der Waals surface area contributed by atoms with E-state index in [1.165, 1.54) is 24.1 Å². The Morgan fingerprint density at radius 2 is 1.95 bits per heavy atom. The van der Waals surface area contributed by atoms with Crippen LogP contribution in [0.1, 0.15) is 32.1 Å². The van der Waals surface area contributed by atoms with E-state index in [2.05, 4.69) is 21.2 Å². The number of hydrogen-bond acceptors (Lipinski definition) is 8. The van der Waals surface area contributed by atoms with Crippen molar-refractivity contribution in [1.82, 2.24) is 10.2 Å². The van der Waals surface area contributed by atoms with Crippen molar-refractivity contribution >= 4 is 43.8 Å². The molecule has 7 unspecified atom stereocenters. The van der Waals surface area contributed by atoms with Crippen LogP contribution >= 0.6 is 15.9 Å². The van der Waals surface area contributed by atoms with Crippen LogP contribution in [-0.2, 0) is 33.4 Å². The Kier molecular flexibility index (Phi) is 6.97. The molecule has 2 saturated carbocycles. The van der Waals surface area contributed by atoms with Gasteiger partial charge in [-0.2, -0.15) is 8.42 Å². The van der Waals surface area contributed by atoms with Crippen molar-refractivity contribution in [3.63, 3.8) is 0 Å². The van der Waals surface area contributed by atoms with E-state index in [1.54, 1.807) is 12.1 Å². The van der Waals surface area contributed by atoms with Crippen LogP contribution in [0.2, 0.25) is 0 Å². The topological polar surface area (TPSA) is 145 Å². The van der Waals surface area contributed by atoms with Gasteiger partial charge in [0.2, 0.25) is 11.8 Å². The van der Waals surface area contributed by atoms with E-state index >= 15 is 0 Å². The highest BCUT2D eigenvalue weighted by atomic mass is 79.9. The average Bonchev–Trinajstić information content (AvgIpc) is 3.75. The second kappa shape index (κ2) is 9.79. The molecule has 2 aliphatic carbocycles. The molecule has 1 aromatic rings. The standard InChI is InChI=1S/C25H30BrN3O7S/c1-35-24(32)25-12-15(25)5-3-2-4-14-10-19(14)21(27)23(31)29-13-17(11-20(29)22(30)28-25)36-37(33,34)18-8-6-16(26)7-9-18/h3,5-9,14-15,17,19-21H,2,4,10-13,27H2,1H3,(H,28,30). The first-order chi connectivity index (χ1) is 17.6. The van der Waals surface area contributed by atoms with E-state index < -0.39 is 51.6 Å². The van der Waals surface area contributed by atoms with Crippen molar-refractivity contribution in [2.45, 2.75) is 60.7 Å². The molecular weight excluding hydrogens is 566 g/mol. The van der Waals surface area contributed by atoms with Crippen molar-refractivity contribution in [3.8, 4) is 0 Å². The van der Waals surface area contributed by atoms with Gasteiger partial charge in [-0.25, -0.2) is 4.79 Å². The summed E-state index contributed by atoms with van der Waals surface area (Å²) in [5.74, 6) is -1.39. The predicted octanol–water partition coefficient (Wildman–Crippen LogP) is 1.49. The highest BCUT2D eigenvalue weighted by molar-refractivity contribution is 9.10. The van der Waals surface area contributed by atoms with Crippen molar-refractivity contribution < 1.29 is 31.7 Å². The lowest BCUT2D eigenvalue weighted by Gasteiger charge is -2.28. The number of nitrogens with one attached hydrogen (secondary N) is 1. The van der Waals surface area contributed by atoms with E-state index in [0.29, 0.717) is 16.8 Å². The number of hydrogen-bond donors (Lipinski definition) is 2. The fraction of sp³-hybridized carbons (Fsp3) is 0.560. The number of esters is 1. The van der Waals surface area contributed by atoms with Gasteiger partial charge in [0.05, 0.1) is 24.2 Å². The number of rotatable bonds is 4. The third kappa shape index (κ3) is 5.08. The van der Waals surface area contributed by atoms with Gasteiger partial charge in [0.15, 0.2) is 0 Å². The Hall–Kier alpha value is -2.28. The number of fused-ring (bicyclic) bond motifs is 3. The average molecular weight is 597 g/mol. The van der Waals surface area contributed by atoms with Gasteiger partial charge in [-0.3, -0.25) is 13.8 Å². The Morgan fingerprint density at radius 3 is 2.65 bits per heavy atom. The highest BCUT2D eigenvalue weighted by Gasteiger charge is 2.62. The van der Waals surface area contributed by atoms with Gasteiger partial charge >= 0.3 is 5.97 Å². The van der Waals surface area contributed by atoms with Crippen LogP contribution in [0.4, 0.5) is 0 Å². The molecule has 1 aromatic carbocycles. The fourth-order valence-electron chi connectivity index (χ4n) is 5.62. The van der Waals surface area contributed by atoms with E-state index in [1.807, 2.05) is 12.2 Å². The summed E-state index contributed by atoms with van der Waals surface area (Å²) in [5.41, 5.74) is 5.14. The molecule has 3 N–H and O–H groups in total. The van der Waals surface area contributed by atoms with Gasteiger partial charge < -0.3 is 20.7 Å². The van der Waals surface area contributed by atoms with Crippen molar-refractivity contribution in [2.24, 2.45) is 23.5 Å². The SMILES string of the molecule is COC(=O)C12CC1C=CCCC1CC1C(N)C(=O)N1CC(OS(=O)(=O)c3ccc(Br)cc3)CC1C(=O)N2. The molecule has 0 radical (unpaired) electrons. The smallest absolute Gasteiger partial charge is 0.332 e. The summed E-state index contributed by atoms with van der Waals surface area (Å²) in [7, 11) is -2.88. The summed E-state index contributed by atoms with van der Waals surface area (Å²) >= 11 is 3.27. The summed E-state index contributed by atoms with van der Waals surface area (Å²) in [6.45, 7) is -0.105. The van der Waals surface area contributed by atoms with Gasteiger partial charge in [0.25, 0.3) is 10.1 Å². The van der Waals surface area contributed by atoms with Crippen LogP contribution in [0.25, 0.3) is 0 Å². The number of ether oxygens (including phenoxy) is 1. The molecule has 200 valence electrons. The molecule has 2 aliphatic heterocycles. The molecule has 4 aliphatic rings. The quantitative estimate of drug-likeness (QED) is 0.302. The molecular formula is C25H30BrN3O7S. The number of benzene rings is 1. The number of carbonyl (C=O) groups excluding carboxylic acids is 3. The molecule has 3 fully saturated rings. The molecule has 0 aromatic heterocycles. The lowest BCUT2D eigenvalue weighted by molar-refractivity contribution is -0.148. The first kappa shape index (κ1) is 26.3. The van der Waals surface area contributed by atoms with Crippen LogP contribution in [-0.4, -0.2) is 68.5 Å². The predicted molar refractivity (Wildman–Crippen MR) is 135 cm³/mol. The molecule has 0 bridgehead atoms. The number of halogens is 1. The van der Waals surface area contributed by atoms with Crippen LogP contribution in [0.5, 0.6) is 0 Å². The van der Waals surface area contributed by atoms with E-state index in [4.69, 9.17) is 14.7 Å². The molecule has 2 heterocycles. The van der Waals surface area contributed by atoms with Crippen LogP contribution < -0.4 is 11.1 Å². The van der Waals surface area contributed by atoms with Crippen molar-refractivity contribution in [1.29, 1.82) is 0 Å². The largest absolute Gasteiger partial charge is 0.467 e. The van der Waals surface area contributed by atoms with Crippen LogP contribution in [0.3, 0.4) is 0 Å². The maximum atomic E-state index is 13.5. The number of amides is 2. The monoisotopic (exact) mass is 595 g/mol. The Labute approximate surface area is 224 Å². The zero-order chi connectivity index (χ0) is 26.5. The van der Waals surface area contributed by atoms with Crippen LogP contribution in [0.15, 0.2) is 45.8 Å². The molecule has 7 atom stereocenters. The minimum Gasteiger partial charge on any atom is -0.467 e. The second-order valence-corrected chi connectivity index (χ2v) is 12.8. The molecule has 5 rings (SSSR count). The minimum atomic E-state index is -4.15. The number of nitrogens with two attached hydrogens (primary N) is 1. The zero-order valence-corrected chi connectivity index (χ0v) is 22.7. The highest BCUT2D eigenvalue weighted by Crippen LogP contribution is 2.48. The van der Waals surface area contributed by atoms with E-state index in [-0.39, 0.29) is 29.7 Å². The van der Waals surface area contributed by atoms with Gasteiger partial charge in [-0.1, -0.05) is 28.1 Å². The molecule has 1 saturated heterocycles. The lowest BCUT2D eigenvalue weighted by atomic mass is 10.0. The fourth-order valence-corrected chi connectivity index (χ4v) is 6.96. The molecule has 12 heteroatoms. The lowest BCUT2D eigenvalue weighted by Crippen LogP contribution is -2.55. The Morgan fingerprint density at radius 1 is 1.22 bits per heavy atom. The maximum absolute atomic E-state index is 13.5. The Bertz CT molecular complexity index is 1240. The first-order valence-corrected chi connectivity index (χ1v) is 14.6. The third-order valence-corrected chi connectivity index (χ3v) is 9.82. The third-order valence-electron chi connectivity index (χ3n) is 7.92. The zero-order valence-electron chi connectivity index (χ0n) is 20.3. The minimum absolute atomic E-state index is 0.0223. The summed E-state index contributed by atoms with van der Waals surface area (Å²) < 4.78 is 37.0. The van der Waals surface area contributed by atoms with Gasteiger partial charge in [0.1, 0.15) is 11.6 Å². The van der Waals surface area contributed by atoms with Gasteiger partial charge in [-0.05, 0) is 61.8 Å². The maximum Gasteiger partial charge on any atom is 0.332 e. The van der Waals surface area contributed by atoms with E-state index in [0.717, 1.165) is 19.3 Å². The first-order valence-electron chi connectivity index (χ1n) is 12.4. The number of allylic oxidation sites excluding steroid dienone is 1. The summed E-state index contributed by atoms with van der Waals surface area (Å²) in [6, 6.07) is 4.16. The number of nitrogens with zero attached hydrogens (tertiary/aromatic N) is 1. The summed E-state index contributed by atoms with van der Waals surface area (Å²) in [6.07, 6.45) is 5.85. The van der Waals surface area contributed by atoms with E-state index in [9.17, 15) is 22.8 Å². The molecule has 0 spiro atoms. The van der Waals surface area contributed by atoms with Crippen molar-refractivity contribution in [3.05, 3.63) is 40.9 Å². The van der Waals surface area contributed by atoms with Crippen molar-refractivity contribution in [2.75, 3.05) is 13.7 Å². The number of carbonyl (C=O) groups is 3. The molecule has 2 amide bonds. The van der Waals surface area contributed by atoms with Crippen LogP contribution in [0, 0.1) is 17.8 Å². The molecule has 37 heavy (non-hydrogen) atoms. The molecule has 10 nitrogen and oxygen atoms in total.